The number of fused-ring (bicyclic) bond motifs is 4. The molecule has 204 valence electrons. The second-order valence-corrected chi connectivity index (χ2v) is 12.6. The zero-order valence-corrected chi connectivity index (χ0v) is 24.2. The van der Waals surface area contributed by atoms with Gasteiger partial charge in [-0.3, -0.25) is 0 Å². The van der Waals surface area contributed by atoms with Crippen LogP contribution in [0.4, 0.5) is 4.39 Å². The minimum atomic E-state index is -0.239. The molecule has 3 heteroatoms. The number of nitrogens with zero attached hydrogens (tertiary/aromatic N) is 1. The Morgan fingerprint density at radius 2 is 1.43 bits per heavy atom. The monoisotopic (exact) mass is 532 g/mol. The lowest BCUT2D eigenvalue weighted by atomic mass is 9.66. The zero-order chi connectivity index (χ0) is 27.5. The molecule has 40 heavy (non-hydrogen) atoms. The zero-order valence-electron chi connectivity index (χ0n) is 24.2. The van der Waals surface area contributed by atoms with Crippen molar-refractivity contribution in [1.82, 2.24) is 0 Å². The van der Waals surface area contributed by atoms with E-state index in [4.69, 9.17) is 4.42 Å². The number of furan rings is 1. The van der Waals surface area contributed by atoms with Gasteiger partial charge in [-0.05, 0) is 92.2 Å². The standard InChI is InChI=1S/C37H39FNO/c1-22-9-16-30-31-17-18-32(38)35(37(31)40-36(30)34(22)33-19-23(2)24(3)21-39(33)4)27-13-10-26(11-14-27)29-15-12-25-7-5-6-8-28(25)20-29/h9-11,13-14,16-19,21,25,28-29H,5-8,12,15,20H2,1-4H3/q+1. The second kappa shape index (κ2) is 9.87. The van der Waals surface area contributed by atoms with Crippen LogP contribution in [0.1, 0.15) is 73.1 Å². The lowest BCUT2D eigenvalue weighted by molar-refractivity contribution is -0.660. The maximum atomic E-state index is 15.6. The Morgan fingerprint density at radius 1 is 0.725 bits per heavy atom. The Labute approximate surface area is 236 Å². The first-order valence-corrected chi connectivity index (χ1v) is 15.1. The maximum absolute atomic E-state index is 15.6. The molecule has 2 fully saturated rings. The SMILES string of the molecule is Cc1cc(-c2c(C)ccc3c2oc2c(-c4ccc(C5CCC6CCCCC6C5)cc4)c(F)ccc23)[n+](C)cc1C. The Kier molecular flexibility index (Phi) is 6.29. The van der Waals surface area contributed by atoms with Gasteiger partial charge < -0.3 is 4.42 Å². The van der Waals surface area contributed by atoms with E-state index in [1.165, 1.54) is 61.6 Å². The Bertz CT molecular complexity index is 1740. The van der Waals surface area contributed by atoms with Crippen molar-refractivity contribution in [3.63, 3.8) is 0 Å². The summed E-state index contributed by atoms with van der Waals surface area (Å²) >= 11 is 0. The van der Waals surface area contributed by atoms with Crippen LogP contribution >= 0.6 is 0 Å². The highest BCUT2D eigenvalue weighted by atomic mass is 19.1. The van der Waals surface area contributed by atoms with Crippen LogP contribution in [0.3, 0.4) is 0 Å². The van der Waals surface area contributed by atoms with Gasteiger partial charge in [-0.1, -0.05) is 62.1 Å². The van der Waals surface area contributed by atoms with E-state index in [0.29, 0.717) is 17.1 Å². The molecule has 2 aromatic heterocycles. The average Bonchev–Trinajstić information content (AvgIpc) is 3.33. The Hall–Kier alpha value is -3.46. The van der Waals surface area contributed by atoms with Gasteiger partial charge in [-0.15, -0.1) is 0 Å². The van der Waals surface area contributed by atoms with E-state index in [0.717, 1.165) is 50.6 Å². The lowest BCUT2D eigenvalue weighted by Gasteiger charge is -2.39. The van der Waals surface area contributed by atoms with Crippen molar-refractivity contribution in [3.8, 4) is 22.4 Å². The Morgan fingerprint density at radius 3 is 2.20 bits per heavy atom. The predicted octanol–water partition coefficient (Wildman–Crippen LogP) is 9.88. The van der Waals surface area contributed by atoms with E-state index >= 15 is 4.39 Å². The summed E-state index contributed by atoms with van der Waals surface area (Å²) < 4.78 is 24.4. The van der Waals surface area contributed by atoms with Gasteiger partial charge in [0.25, 0.3) is 0 Å². The molecule has 0 radical (unpaired) electrons. The van der Waals surface area contributed by atoms with E-state index in [1.807, 2.05) is 6.07 Å². The first-order chi connectivity index (χ1) is 19.4. The molecule has 2 aliphatic rings. The number of hydrogen-bond acceptors (Lipinski definition) is 1. The highest BCUT2D eigenvalue weighted by Gasteiger charge is 2.32. The smallest absolute Gasteiger partial charge is 0.216 e. The molecule has 3 atom stereocenters. The first kappa shape index (κ1) is 25.5. The van der Waals surface area contributed by atoms with E-state index in [2.05, 4.69) is 81.0 Å². The van der Waals surface area contributed by atoms with Crippen LogP contribution in [-0.4, -0.2) is 0 Å². The topological polar surface area (TPSA) is 17.0 Å². The van der Waals surface area contributed by atoms with Crippen molar-refractivity contribution in [1.29, 1.82) is 0 Å². The van der Waals surface area contributed by atoms with Crippen LogP contribution in [0.15, 0.2) is 65.2 Å². The molecule has 0 bridgehead atoms. The van der Waals surface area contributed by atoms with E-state index in [1.54, 1.807) is 6.07 Å². The number of aryl methyl sites for hydroxylation is 4. The second-order valence-electron chi connectivity index (χ2n) is 12.6. The van der Waals surface area contributed by atoms with Gasteiger partial charge in [0.15, 0.2) is 6.20 Å². The van der Waals surface area contributed by atoms with Crippen LogP contribution in [0, 0.1) is 38.4 Å². The van der Waals surface area contributed by atoms with Gasteiger partial charge in [0.1, 0.15) is 24.0 Å². The van der Waals surface area contributed by atoms with Crippen molar-refractivity contribution in [3.05, 3.63) is 88.9 Å². The number of hydrogen-bond donors (Lipinski definition) is 0. The van der Waals surface area contributed by atoms with Crippen LogP contribution in [0.25, 0.3) is 44.3 Å². The first-order valence-electron chi connectivity index (χ1n) is 15.1. The summed E-state index contributed by atoms with van der Waals surface area (Å²) in [6, 6.07) is 18.7. The molecule has 0 aliphatic heterocycles. The van der Waals surface area contributed by atoms with Gasteiger partial charge in [-0.25, -0.2) is 8.96 Å². The third-order valence-electron chi connectivity index (χ3n) is 10.2. The predicted molar refractivity (Wildman–Crippen MR) is 162 cm³/mol. The number of pyridine rings is 1. The Balaban J connectivity index is 1.32. The third kappa shape index (κ3) is 4.17. The van der Waals surface area contributed by atoms with Gasteiger partial charge in [0.05, 0.1) is 11.1 Å². The van der Waals surface area contributed by atoms with Crippen LogP contribution in [-0.2, 0) is 7.05 Å². The van der Waals surface area contributed by atoms with Crippen molar-refractivity contribution in [2.24, 2.45) is 18.9 Å². The van der Waals surface area contributed by atoms with Gasteiger partial charge >= 0.3 is 0 Å². The molecule has 2 aliphatic carbocycles. The highest BCUT2D eigenvalue weighted by molar-refractivity contribution is 6.13. The average molecular weight is 533 g/mol. The summed E-state index contributed by atoms with van der Waals surface area (Å²) in [6.45, 7) is 6.40. The van der Waals surface area contributed by atoms with E-state index in [-0.39, 0.29) is 5.82 Å². The summed E-state index contributed by atoms with van der Waals surface area (Å²) in [7, 11) is 2.08. The molecule has 3 unspecified atom stereocenters. The summed E-state index contributed by atoms with van der Waals surface area (Å²) in [4.78, 5) is 0. The molecule has 2 heterocycles. The number of halogens is 1. The van der Waals surface area contributed by atoms with Gasteiger partial charge in [-0.2, -0.15) is 0 Å². The maximum Gasteiger partial charge on any atom is 0.216 e. The molecule has 2 saturated carbocycles. The summed E-state index contributed by atoms with van der Waals surface area (Å²) in [5.74, 6) is 2.23. The molecular formula is C37H39FNO+. The van der Waals surface area contributed by atoms with Crippen LogP contribution < -0.4 is 4.57 Å². The van der Waals surface area contributed by atoms with Gasteiger partial charge in [0.2, 0.25) is 5.69 Å². The number of benzene rings is 3. The third-order valence-corrected chi connectivity index (χ3v) is 10.2. The number of rotatable bonds is 3. The largest absolute Gasteiger partial charge is 0.454 e. The summed E-state index contributed by atoms with van der Waals surface area (Å²) in [5, 5.41) is 1.98. The quantitative estimate of drug-likeness (QED) is 0.211. The molecule has 5 aromatic rings. The van der Waals surface area contributed by atoms with Crippen LogP contribution in [0.2, 0.25) is 0 Å². The normalized spacial score (nSPS) is 21.2. The fraction of sp³-hybridized carbons (Fsp3) is 0.378. The van der Waals surface area contributed by atoms with Gasteiger partial charge in [0, 0.05) is 22.4 Å². The molecular weight excluding hydrogens is 493 g/mol. The molecule has 0 spiro atoms. The van der Waals surface area contributed by atoms with E-state index in [9.17, 15) is 0 Å². The highest BCUT2D eigenvalue weighted by Crippen LogP contribution is 2.47. The molecule has 0 saturated heterocycles. The number of aromatic nitrogens is 1. The molecule has 3 aromatic carbocycles. The van der Waals surface area contributed by atoms with Crippen molar-refractivity contribution < 1.29 is 13.4 Å². The molecule has 0 N–H and O–H groups in total. The molecule has 2 nitrogen and oxygen atoms in total. The fourth-order valence-electron chi connectivity index (χ4n) is 7.79. The minimum Gasteiger partial charge on any atom is -0.454 e. The van der Waals surface area contributed by atoms with Crippen LogP contribution in [0.5, 0.6) is 0 Å². The molecule has 0 amide bonds. The summed E-state index contributed by atoms with van der Waals surface area (Å²) in [6.07, 6.45) is 11.8. The van der Waals surface area contributed by atoms with Crippen molar-refractivity contribution in [2.75, 3.05) is 0 Å². The minimum absolute atomic E-state index is 0.239. The fourth-order valence-corrected chi connectivity index (χ4v) is 7.79. The molecule has 7 rings (SSSR count). The summed E-state index contributed by atoms with van der Waals surface area (Å²) in [5.41, 5.74) is 10.1. The van der Waals surface area contributed by atoms with E-state index < -0.39 is 0 Å². The van der Waals surface area contributed by atoms with Crippen molar-refractivity contribution in [2.45, 2.75) is 71.6 Å². The van der Waals surface area contributed by atoms with Crippen molar-refractivity contribution >= 4 is 21.9 Å². The lowest BCUT2D eigenvalue weighted by Crippen LogP contribution is -2.31.